The van der Waals surface area contributed by atoms with Gasteiger partial charge in [0.15, 0.2) is 5.41 Å². The molecule has 0 atom stereocenters. The highest BCUT2D eigenvalue weighted by Crippen LogP contribution is 2.32. The molecule has 4 nitrogen and oxygen atoms in total. The third kappa shape index (κ3) is 4.43. The summed E-state index contributed by atoms with van der Waals surface area (Å²) in [5, 5.41) is 2.05. The Hall–Kier alpha value is -2.36. The second-order valence-corrected chi connectivity index (χ2v) is 6.53. The van der Waals surface area contributed by atoms with Crippen molar-refractivity contribution in [3.05, 3.63) is 42.5 Å². The van der Waals surface area contributed by atoms with E-state index in [1.807, 2.05) is 50.2 Å². The second kappa shape index (κ2) is 9.37. The van der Waals surface area contributed by atoms with E-state index in [9.17, 15) is 9.59 Å². The van der Waals surface area contributed by atoms with Crippen LogP contribution in [0.5, 0.6) is 5.75 Å². The molecular weight excluding hydrogens is 328 g/mol. The standard InChI is InChI=1S/C22H28O4/c1-4-7-10-15-25-20(23)22(5-2,6-3)21(24)26-19-14-13-17-11-8-9-12-18(17)16-19/h8-9,11-14,16H,4-7,10,15H2,1-3H3. The molecule has 2 aromatic carbocycles. The van der Waals surface area contributed by atoms with Gasteiger partial charge in [0.05, 0.1) is 6.61 Å². The molecule has 0 saturated carbocycles. The Bertz CT molecular complexity index is 747. The number of hydrogen-bond donors (Lipinski definition) is 0. The van der Waals surface area contributed by atoms with Crippen molar-refractivity contribution in [2.24, 2.45) is 5.41 Å². The van der Waals surface area contributed by atoms with E-state index >= 15 is 0 Å². The first-order valence-electron chi connectivity index (χ1n) is 9.45. The molecule has 140 valence electrons. The summed E-state index contributed by atoms with van der Waals surface area (Å²) in [5.74, 6) is -0.582. The number of unbranched alkanes of at least 4 members (excludes halogenated alkanes) is 2. The Balaban J connectivity index is 2.14. The molecule has 0 bridgehead atoms. The third-order valence-corrected chi connectivity index (χ3v) is 4.90. The molecule has 2 rings (SSSR count). The van der Waals surface area contributed by atoms with Crippen LogP contribution < -0.4 is 4.74 Å². The van der Waals surface area contributed by atoms with Gasteiger partial charge in [0.1, 0.15) is 5.75 Å². The van der Waals surface area contributed by atoms with Crippen LogP contribution in [-0.4, -0.2) is 18.5 Å². The molecule has 0 aliphatic carbocycles. The van der Waals surface area contributed by atoms with Gasteiger partial charge >= 0.3 is 11.9 Å². The molecule has 0 radical (unpaired) electrons. The van der Waals surface area contributed by atoms with Crippen molar-refractivity contribution in [1.82, 2.24) is 0 Å². The van der Waals surface area contributed by atoms with Crippen molar-refractivity contribution in [1.29, 1.82) is 0 Å². The van der Waals surface area contributed by atoms with Crippen LogP contribution in [0.3, 0.4) is 0 Å². The number of benzene rings is 2. The summed E-state index contributed by atoms with van der Waals surface area (Å²) >= 11 is 0. The smallest absolute Gasteiger partial charge is 0.328 e. The van der Waals surface area contributed by atoms with E-state index in [4.69, 9.17) is 9.47 Å². The maximum Gasteiger partial charge on any atom is 0.328 e. The Morgan fingerprint density at radius 3 is 2.23 bits per heavy atom. The average molecular weight is 356 g/mol. The minimum atomic E-state index is -1.25. The normalized spacial score (nSPS) is 11.3. The van der Waals surface area contributed by atoms with Crippen LogP contribution in [-0.2, 0) is 14.3 Å². The predicted octanol–water partition coefficient (Wildman–Crippen LogP) is 5.29. The Labute approximate surface area is 155 Å². The number of fused-ring (bicyclic) bond motifs is 1. The zero-order valence-corrected chi connectivity index (χ0v) is 15.9. The number of carbonyl (C=O) groups excluding carboxylic acids is 2. The maximum absolute atomic E-state index is 12.8. The lowest BCUT2D eigenvalue weighted by molar-refractivity contribution is -0.168. The van der Waals surface area contributed by atoms with Crippen LogP contribution in [0.1, 0.15) is 52.9 Å². The van der Waals surface area contributed by atoms with Crippen molar-refractivity contribution in [2.45, 2.75) is 52.9 Å². The van der Waals surface area contributed by atoms with Crippen LogP contribution in [0.25, 0.3) is 10.8 Å². The molecule has 0 aliphatic rings. The van der Waals surface area contributed by atoms with E-state index in [0.717, 1.165) is 30.0 Å². The van der Waals surface area contributed by atoms with Gasteiger partial charge in [0.2, 0.25) is 0 Å². The number of rotatable bonds is 9. The van der Waals surface area contributed by atoms with Crippen LogP contribution in [0, 0.1) is 5.41 Å². The van der Waals surface area contributed by atoms with Gasteiger partial charge in [-0.3, -0.25) is 9.59 Å². The highest BCUT2D eigenvalue weighted by molar-refractivity contribution is 6.01. The number of hydrogen-bond acceptors (Lipinski definition) is 4. The van der Waals surface area contributed by atoms with Crippen LogP contribution in [0.15, 0.2) is 42.5 Å². The molecule has 0 fully saturated rings. The van der Waals surface area contributed by atoms with Gasteiger partial charge in [-0.15, -0.1) is 0 Å². The van der Waals surface area contributed by atoms with Gasteiger partial charge in [-0.05, 0) is 42.2 Å². The minimum Gasteiger partial charge on any atom is -0.465 e. The van der Waals surface area contributed by atoms with Crippen molar-refractivity contribution in [2.75, 3.05) is 6.61 Å². The Morgan fingerprint density at radius 1 is 0.885 bits per heavy atom. The monoisotopic (exact) mass is 356 g/mol. The fourth-order valence-electron chi connectivity index (χ4n) is 3.00. The fourth-order valence-corrected chi connectivity index (χ4v) is 3.00. The van der Waals surface area contributed by atoms with Gasteiger partial charge < -0.3 is 9.47 Å². The number of esters is 2. The number of ether oxygens (including phenoxy) is 2. The van der Waals surface area contributed by atoms with E-state index in [-0.39, 0.29) is 0 Å². The van der Waals surface area contributed by atoms with Crippen LogP contribution in [0.2, 0.25) is 0 Å². The van der Waals surface area contributed by atoms with Crippen molar-refractivity contribution in [3.63, 3.8) is 0 Å². The molecule has 2 aromatic rings. The second-order valence-electron chi connectivity index (χ2n) is 6.53. The largest absolute Gasteiger partial charge is 0.465 e. The first-order valence-corrected chi connectivity index (χ1v) is 9.45. The fraction of sp³-hybridized carbons (Fsp3) is 0.455. The molecule has 4 heteroatoms. The Morgan fingerprint density at radius 2 is 1.58 bits per heavy atom. The Kier molecular flexibility index (Phi) is 7.19. The topological polar surface area (TPSA) is 52.6 Å². The highest BCUT2D eigenvalue weighted by atomic mass is 16.6. The quantitative estimate of drug-likeness (QED) is 0.265. The molecule has 0 unspecified atom stereocenters. The van der Waals surface area contributed by atoms with Gasteiger partial charge in [-0.2, -0.15) is 0 Å². The van der Waals surface area contributed by atoms with E-state index in [1.54, 1.807) is 6.07 Å². The lowest BCUT2D eigenvalue weighted by atomic mass is 9.82. The van der Waals surface area contributed by atoms with Crippen molar-refractivity contribution >= 4 is 22.7 Å². The summed E-state index contributed by atoms with van der Waals surface area (Å²) in [4.78, 5) is 25.5. The average Bonchev–Trinajstić information content (AvgIpc) is 2.66. The van der Waals surface area contributed by atoms with Crippen LogP contribution in [0.4, 0.5) is 0 Å². The summed E-state index contributed by atoms with van der Waals surface area (Å²) in [7, 11) is 0. The molecule has 0 saturated heterocycles. The van der Waals surface area contributed by atoms with Gasteiger partial charge in [0.25, 0.3) is 0 Å². The molecule has 0 aliphatic heterocycles. The maximum atomic E-state index is 12.8. The lowest BCUT2D eigenvalue weighted by Gasteiger charge is -2.26. The minimum absolute atomic E-state index is 0.345. The van der Waals surface area contributed by atoms with Gasteiger partial charge in [-0.25, -0.2) is 0 Å². The molecule has 0 spiro atoms. The first-order chi connectivity index (χ1) is 12.6. The van der Waals surface area contributed by atoms with E-state index in [0.29, 0.717) is 25.2 Å². The van der Waals surface area contributed by atoms with Crippen molar-refractivity contribution < 1.29 is 19.1 Å². The third-order valence-electron chi connectivity index (χ3n) is 4.90. The summed E-state index contributed by atoms with van der Waals surface area (Å²) in [5.41, 5.74) is -1.25. The summed E-state index contributed by atoms with van der Waals surface area (Å²) in [6.07, 6.45) is 3.56. The predicted molar refractivity (Wildman–Crippen MR) is 103 cm³/mol. The SMILES string of the molecule is CCCCCOC(=O)C(CC)(CC)C(=O)Oc1ccc2ccccc2c1. The van der Waals surface area contributed by atoms with Gasteiger partial charge in [0, 0.05) is 0 Å². The van der Waals surface area contributed by atoms with Gasteiger partial charge in [-0.1, -0.05) is 63.9 Å². The zero-order valence-electron chi connectivity index (χ0n) is 15.9. The van der Waals surface area contributed by atoms with E-state index in [1.165, 1.54) is 0 Å². The molecular formula is C22H28O4. The molecule has 0 heterocycles. The van der Waals surface area contributed by atoms with E-state index in [2.05, 4.69) is 6.92 Å². The lowest BCUT2D eigenvalue weighted by Crippen LogP contribution is -2.42. The molecule has 0 N–H and O–H groups in total. The van der Waals surface area contributed by atoms with E-state index < -0.39 is 17.4 Å². The molecule has 0 amide bonds. The van der Waals surface area contributed by atoms with Crippen LogP contribution >= 0.6 is 0 Å². The first kappa shape index (κ1) is 20.0. The zero-order chi connectivity index (χ0) is 19.0. The summed E-state index contributed by atoms with van der Waals surface area (Å²) in [6.45, 7) is 6.07. The van der Waals surface area contributed by atoms with Crippen molar-refractivity contribution in [3.8, 4) is 5.75 Å². The highest BCUT2D eigenvalue weighted by Gasteiger charge is 2.46. The molecule has 26 heavy (non-hydrogen) atoms. The summed E-state index contributed by atoms with van der Waals surface area (Å²) < 4.78 is 11.0. The summed E-state index contributed by atoms with van der Waals surface area (Å²) in [6, 6.07) is 13.3. The molecule has 0 aromatic heterocycles. The number of carbonyl (C=O) groups is 2.